The standard InChI is InChI=1S/C11H20FNO5/c1-11(2,3)18-10(15)13-8(6-17-7-12)5-9(14)16-4/h8H,5-7H2,1-4H3,(H,13,15)/t8-/m0/s1. The Labute approximate surface area is 106 Å². The van der Waals surface area contributed by atoms with Gasteiger partial charge in [-0.2, -0.15) is 0 Å². The first-order valence-electron chi connectivity index (χ1n) is 5.48. The minimum Gasteiger partial charge on any atom is -0.469 e. The van der Waals surface area contributed by atoms with Gasteiger partial charge in [0.1, 0.15) is 5.60 Å². The second-order valence-corrected chi connectivity index (χ2v) is 4.60. The monoisotopic (exact) mass is 265 g/mol. The van der Waals surface area contributed by atoms with Crippen molar-refractivity contribution < 1.29 is 28.2 Å². The molecule has 0 heterocycles. The van der Waals surface area contributed by atoms with E-state index in [0.717, 1.165) is 0 Å². The highest BCUT2D eigenvalue weighted by atomic mass is 19.1. The number of amides is 1. The van der Waals surface area contributed by atoms with Gasteiger partial charge in [-0.1, -0.05) is 0 Å². The number of halogens is 1. The van der Waals surface area contributed by atoms with Crippen LogP contribution in [-0.2, 0) is 19.0 Å². The lowest BCUT2D eigenvalue weighted by atomic mass is 10.2. The predicted octanol–water partition coefficient (Wildman–Crippen LogP) is 1.39. The van der Waals surface area contributed by atoms with Crippen molar-refractivity contribution in [1.82, 2.24) is 5.32 Å². The van der Waals surface area contributed by atoms with E-state index < -0.39 is 30.6 Å². The molecule has 0 saturated heterocycles. The average molecular weight is 265 g/mol. The molecule has 18 heavy (non-hydrogen) atoms. The number of carbonyl (C=O) groups excluding carboxylic acids is 2. The van der Waals surface area contributed by atoms with E-state index in [9.17, 15) is 14.0 Å². The molecule has 0 rings (SSSR count). The lowest BCUT2D eigenvalue weighted by Crippen LogP contribution is -2.42. The third kappa shape index (κ3) is 8.74. The van der Waals surface area contributed by atoms with Crippen LogP contribution in [0.25, 0.3) is 0 Å². The number of hydrogen-bond donors (Lipinski definition) is 1. The van der Waals surface area contributed by atoms with Crippen LogP contribution in [0.3, 0.4) is 0 Å². The summed E-state index contributed by atoms with van der Waals surface area (Å²) in [5.41, 5.74) is -0.652. The fourth-order valence-corrected chi connectivity index (χ4v) is 1.10. The van der Waals surface area contributed by atoms with Crippen molar-refractivity contribution in [2.75, 3.05) is 20.6 Å². The van der Waals surface area contributed by atoms with Crippen LogP contribution in [0.1, 0.15) is 27.2 Å². The lowest BCUT2D eigenvalue weighted by Gasteiger charge is -2.22. The third-order valence-corrected chi connectivity index (χ3v) is 1.76. The first-order chi connectivity index (χ1) is 8.28. The van der Waals surface area contributed by atoms with Crippen molar-refractivity contribution >= 4 is 12.1 Å². The maximum atomic E-state index is 11.9. The predicted molar refractivity (Wildman–Crippen MR) is 61.7 cm³/mol. The summed E-state index contributed by atoms with van der Waals surface area (Å²) < 4.78 is 25.9. The number of alkyl halides is 1. The highest BCUT2D eigenvalue weighted by Crippen LogP contribution is 2.07. The van der Waals surface area contributed by atoms with Crippen LogP contribution in [-0.4, -0.2) is 44.3 Å². The van der Waals surface area contributed by atoms with Crippen LogP contribution in [0.5, 0.6) is 0 Å². The average Bonchev–Trinajstić information content (AvgIpc) is 2.22. The van der Waals surface area contributed by atoms with Gasteiger partial charge in [0, 0.05) is 0 Å². The zero-order valence-corrected chi connectivity index (χ0v) is 11.1. The van der Waals surface area contributed by atoms with E-state index in [0.29, 0.717) is 0 Å². The molecule has 1 N–H and O–H groups in total. The number of alkyl carbamates (subject to hydrolysis) is 1. The second kappa shape index (κ2) is 7.86. The number of rotatable bonds is 6. The normalized spacial score (nSPS) is 12.7. The molecule has 0 aromatic heterocycles. The second-order valence-electron chi connectivity index (χ2n) is 4.60. The summed E-state index contributed by atoms with van der Waals surface area (Å²) in [4.78, 5) is 22.6. The highest BCUT2D eigenvalue weighted by molar-refractivity contribution is 5.72. The zero-order chi connectivity index (χ0) is 14.2. The summed E-state index contributed by atoms with van der Waals surface area (Å²) in [6.07, 6.45) is -0.811. The van der Waals surface area contributed by atoms with Crippen LogP contribution >= 0.6 is 0 Å². The molecule has 6 nitrogen and oxygen atoms in total. The summed E-state index contributed by atoms with van der Waals surface area (Å²) in [6.45, 7) is 4.00. The van der Waals surface area contributed by atoms with Crippen molar-refractivity contribution in [1.29, 1.82) is 0 Å². The molecule has 0 radical (unpaired) electrons. The van der Waals surface area contributed by atoms with E-state index in [1.165, 1.54) is 7.11 Å². The molecule has 0 aliphatic carbocycles. The number of esters is 1. The molecule has 0 aliphatic heterocycles. The number of ether oxygens (including phenoxy) is 3. The number of nitrogens with one attached hydrogen (secondary N) is 1. The summed E-state index contributed by atoms with van der Waals surface area (Å²) in [6, 6.07) is -0.692. The molecule has 0 aliphatic rings. The van der Waals surface area contributed by atoms with Gasteiger partial charge in [-0.15, -0.1) is 0 Å². The van der Waals surface area contributed by atoms with E-state index in [1.807, 2.05) is 0 Å². The van der Waals surface area contributed by atoms with Crippen LogP contribution in [0.2, 0.25) is 0 Å². The maximum Gasteiger partial charge on any atom is 0.407 e. The van der Waals surface area contributed by atoms with Crippen molar-refractivity contribution in [2.24, 2.45) is 0 Å². The number of methoxy groups -OCH3 is 1. The molecule has 0 bridgehead atoms. The van der Waals surface area contributed by atoms with Gasteiger partial charge in [-0.05, 0) is 20.8 Å². The van der Waals surface area contributed by atoms with E-state index in [1.54, 1.807) is 20.8 Å². The number of carbonyl (C=O) groups is 2. The molecule has 7 heteroatoms. The van der Waals surface area contributed by atoms with E-state index >= 15 is 0 Å². The molecule has 0 saturated carbocycles. The van der Waals surface area contributed by atoms with Crippen LogP contribution in [0.15, 0.2) is 0 Å². The van der Waals surface area contributed by atoms with Gasteiger partial charge < -0.3 is 19.5 Å². The maximum absolute atomic E-state index is 11.9. The molecule has 0 aromatic rings. The number of hydrogen-bond acceptors (Lipinski definition) is 5. The van der Waals surface area contributed by atoms with E-state index in [2.05, 4.69) is 14.8 Å². The SMILES string of the molecule is COC(=O)C[C@@H](COCF)NC(=O)OC(C)(C)C. The lowest BCUT2D eigenvalue weighted by molar-refractivity contribution is -0.141. The topological polar surface area (TPSA) is 73.9 Å². The van der Waals surface area contributed by atoms with Gasteiger partial charge in [0.25, 0.3) is 0 Å². The molecule has 0 unspecified atom stereocenters. The quantitative estimate of drug-likeness (QED) is 0.734. The van der Waals surface area contributed by atoms with Gasteiger partial charge in [0.05, 0.1) is 26.2 Å². The highest BCUT2D eigenvalue weighted by Gasteiger charge is 2.21. The van der Waals surface area contributed by atoms with Crippen LogP contribution < -0.4 is 5.32 Å². The molecular weight excluding hydrogens is 245 g/mol. The Balaban J connectivity index is 4.30. The first kappa shape index (κ1) is 16.6. The Morgan fingerprint density at radius 3 is 2.39 bits per heavy atom. The van der Waals surface area contributed by atoms with E-state index in [4.69, 9.17) is 4.74 Å². The Morgan fingerprint density at radius 2 is 1.94 bits per heavy atom. The smallest absolute Gasteiger partial charge is 0.407 e. The molecule has 0 spiro atoms. The van der Waals surface area contributed by atoms with Gasteiger partial charge in [0.2, 0.25) is 0 Å². The summed E-state index contributed by atoms with van der Waals surface area (Å²) in [7, 11) is 1.23. The molecule has 106 valence electrons. The van der Waals surface area contributed by atoms with Crippen LogP contribution in [0, 0.1) is 0 Å². The van der Waals surface area contributed by atoms with Gasteiger partial charge in [0.15, 0.2) is 6.86 Å². The fraction of sp³-hybridized carbons (Fsp3) is 0.818. The Bertz CT molecular complexity index is 277. The van der Waals surface area contributed by atoms with E-state index in [-0.39, 0.29) is 13.0 Å². The molecule has 1 amide bonds. The van der Waals surface area contributed by atoms with Crippen LogP contribution in [0.4, 0.5) is 9.18 Å². The molecule has 1 atom stereocenters. The Morgan fingerprint density at radius 1 is 1.33 bits per heavy atom. The minimum absolute atomic E-state index is 0.115. The summed E-state index contributed by atoms with van der Waals surface area (Å²) >= 11 is 0. The van der Waals surface area contributed by atoms with Crippen molar-refractivity contribution in [3.05, 3.63) is 0 Å². The Hall–Kier alpha value is -1.37. The van der Waals surface area contributed by atoms with Gasteiger partial charge in [-0.25, -0.2) is 9.18 Å². The molecular formula is C11H20FNO5. The third-order valence-electron chi connectivity index (χ3n) is 1.76. The van der Waals surface area contributed by atoms with Gasteiger partial charge >= 0.3 is 12.1 Å². The van der Waals surface area contributed by atoms with Crippen molar-refractivity contribution in [2.45, 2.75) is 38.8 Å². The van der Waals surface area contributed by atoms with Gasteiger partial charge in [-0.3, -0.25) is 4.79 Å². The summed E-state index contributed by atoms with van der Waals surface area (Å²) in [5, 5.41) is 2.42. The fourth-order valence-electron chi connectivity index (χ4n) is 1.10. The van der Waals surface area contributed by atoms with Crippen molar-refractivity contribution in [3.63, 3.8) is 0 Å². The Kier molecular flexibility index (Phi) is 7.26. The first-order valence-corrected chi connectivity index (χ1v) is 5.48. The zero-order valence-electron chi connectivity index (χ0n) is 11.1. The van der Waals surface area contributed by atoms with Crippen molar-refractivity contribution in [3.8, 4) is 0 Å². The molecule has 0 fully saturated rings. The summed E-state index contributed by atoms with van der Waals surface area (Å²) in [5.74, 6) is -0.529. The molecule has 0 aromatic carbocycles. The minimum atomic E-state index is -0.992. The largest absolute Gasteiger partial charge is 0.469 e.